The third-order valence-electron chi connectivity index (χ3n) is 3.34. The Balaban J connectivity index is 1.78. The molecule has 2 aromatic rings. The molecular formula is C19H24N2O2. The van der Waals surface area contributed by atoms with Gasteiger partial charge in [-0.2, -0.15) is 0 Å². The number of amides is 1. The Labute approximate surface area is 137 Å². The summed E-state index contributed by atoms with van der Waals surface area (Å²) in [6, 6.07) is 15.9. The number of anilines is 1. The first-order chi connectivity index (χ1) is 11.0. The minimum Gasteiger partial charge on any atom is -0.484 e. The van der Waals surface area contributed by atoms with Gasteiger partial charge in [-0.15, -0.1) is 0 Å². The van der Waals surface area contributed by atoms with Crippen molar-refractivity contribution in [2.24, 2.45) is 0 Å². The summed E-state index contributed by atoms with van der Waals surface area (Å²) >= 11 is 0. The Kier molecular flexibility index (Phi) is 6.18. The topological polar surface area (TPSA) is 50.4 Å². The molecule has 0 unspecified atom stereocenters. The summed E-state index contributed by atoms with van der Waals surface area (Å²) in [6.07, 6.45) is 0. The Morgan fingerprint density at radius 3 is 2.30 bits per heavy atom. The Hall–Kier alpha value is -2.33. The zero-order valence-corrected chi connectivity index (χ0v) is 13.9. The molecule has 0 spiro atoms. The highest BCUT2D eigenvalue weighted by molar-refractivity contribution is 5.91. The number of carbonyl (C=O) groups excluding carboxylic acids is 1. The average molecular weight is 312 g/mol. The van der Waals surface area contributed by atoms with E-state index < -0.39 is 0 Å². The van der Waals surface area contributed by atoms with Crippen LogP contribution in [0.15, 0.2) is 48.5 Å². The van der Waals surface area contributed by atoms with E-state index >= 15 is 0 Å². The predicted molar refractivity (Wildman–Crippen MR) is 93.7 cm³/mol. The van der Waals surface area contributed by atoms with E-state index in [9.17, 15) is 4.79 Å². The van der Waals surface area contributed by atoms with E-state index in [1.807, 2.05) is 55.5 Å². The second-order valence-corrected chi connectivity index (χ2v) is 5.88. The summed E-state index contributed by atoms with van der Waals surface area (Å²) < 4.78 is 5.51. The summed E-state index contributed by atoms with van der Waals surface area (Å²) in [4.78, 5) is 11.9. The van der Waals surface area contributed by atoms with E-state index in [1.165, 1.54) is 5.56 Å². The SMILES string of the molecule is Cc1ccc(NC(=O)COc2ccc(CNC(C)C)cc2)cc1. The molecule has 1 amide bonds. The molecule has 0 aliphatic rings. The zero-order chi connectivity index (χ0) is 16.7. The van der Waals surface area contributed by atoms with Gasteiger partial charge in [0.1, 0.15) is 5.75 Å². The van der Waals surface area contributed by atoms with Crippen molar-refractivity contribution in [3.63, 3.8) is 0 Å². The van der Waals surface area contributed by atoms with Gasteiger partial charge in [-0.3, -0.25) is 4.79 Å². The van der Waals surface area contributed by atoms with Crippen LogP contribution < -0.4 is 15.4 Å². The van der Waals surface area contributed by atoms with Crippen molar-refractivity contribution in [1.82, 2.24) is 5.32 Å². The maximum atomic E-state index is 11.9. The van der Waals surface area contributed by atoms with Crippen LogP contribution in [0.3, 0.4) is 0 Å². The number of rotatable bonds is 7. The number of benzene rings is 2. The standard InChI is InChI=1S/C19H24N2O2/c1-14(2)20-12-16-6-10-18(11-7-16)23-13-19(22)21-17-8-4-15(3)5-9-17/h4-11,14,20H,12-13H2,1-3H3,(H,21,22). The fraction of sp³-hybridized carbons (Fsp3) is 0.316. The molecule has 0 atom stereocenters. The summed E-state index contributed by atoms with van der Waals surface area (Å²) in [7, 11) is 0. The van der Waals surface area contributed by atoms with Gasteiger partial charge in [-0.25, -0.2) is 0 Å². The number of carbonyl (C=O) groups is 1. The highest BCUT2D eigenvalue weighted by atomic mass is 16.5. The first kappa shape index (κ1) is 17.0. The van der Waals surface area contributed by atoms with Gasteiger partial charge >= 0.3 is 0 Å². The molecule has 0 radical (unpaired) electrons. The highest BCUT2D eigenvalue weighted by Crippen LogP contribution is 2.13. The van der Waals surface area contributed by atoms with Gasteiger partial charge in [0.15, 0.2) is 6.61 Å². The van der Waals surface area contributed by atoms with Crippen LogP contribution in [0, 0.1) is 6.92 Å². The maximum absolute atomic E-state index is 11.9. The van der Waals surface area contributed by atoms with Gasteiger partial charge in [-0.1, -0.05) is 43.7 Å². The van der Waals surface area contributed by atoms with Crippen LogP contribution in [0.2, 0.25) is 0 Å². The lowest BCUT2D eigenvalue weighted by molar-refractivity contribution is -0.118. The third-order valence-corrected chi connectivity index (χ3v) is 3.34. The van der Waals surface area contributed by atoms with Gasteiger partial charge in [0.2, 0.25) is 0 Å². The van der Waals surface area contributed by atoms with Gasteiger partial charge in [-0.05, 0) is 36.8 Å². The lowest BCUT2D eigenvalue weighted by Gasteiger charge is -2.10. The number of hydrogen-bond donors (Lipinski definition) is 2. The molecule has 2 N–H and O–H groups in total. The Morgan fingerprint density at radius 1 is 1.04 bits per heavy atom. The third kappa shape index (κ3) is 6.12. The Bertz CT molecular complexity index is 619. The normalized spacial score (nSPS) is 10.6. The average Bonchev–Trinajstić information content (AvgIpc) is 2.54. The number of nitrogens with one attached hydrogen (secondary N) is 2. The minimum atomic E-state index is -0.167. The summed E-state index contributed by atoms with van der Waals surface area (Å²) in [5, 5.41) is 6.17. The lowest BCUT2D eigenvalue weighted by Crippen LogP contribution is -2.21. The van der Waals surface area contributed by atoms with E-state index in [2.05, 4.69) is 24.5 Å². The molecule has 4 heteroatoms. The van der Waals surface area contributed by atoms with E-state index in [0.29, 0.717) is 11.8 Å². The zero-order valence-electron chi connectivity index (χ0n) is 13.9. The van der Waals surface area contributed by atoms with Crippen LogP contribution in [-0.4, -0.2) is 18.6 Å². The molecule has 0 aliphatic heterocycles. The molecule has 122 valence electrons. The van der Waals surface area contributed by atoms with Crippen LogP contribution in [0.25, 0.3) is 0 Å². The van der Waals surface area contributed by atoms with Crippen LogP contribution in [0.4, 0.5) is 5.69 Å². The lowest BCUT2D eigenvalue weighted by atomic mass is 10.2. The van der Waals surface area contributed by atoms with Crippen molar-refractivity contribution in [2.75, 3.05) is 11.9 Å². The molecule has 0 bridgehead atoms. The van der Waals surface area contributed by atoms with E-state index in [4.69, 9.17) is 4.74 Å². The number of ether oxygens (including phenoxy) is 1. The van der Waals surface area contributed by atoms with Crippen LogP contribution >= 0.6 is 0 Å². The first-order valence-corrected chi connectivity index (χ1v) is 7.84. The molecule has 2 rings (SSSR count). The molecule has 0 aliphatic carbocycles. The molecule has 0 fully saturated rings. The number of aryl methyl sites for hydroxylation is 1. The number of hydrogen-bond acceptors (Lipinski definition) is 3. The quantitative estimate of drug-likeness (QED) is 0.822. The Morgan fingerprint density at radius 2 is 1.70 bits per heavy atom. The van der Waals surface area contributed by atoms with E-state index in [1.54, 1.807) is 0 Å². The molecule has 4 nitrogen and oxygen atoms in total. The minimum absolute atomic E-state index is 0.00251. The molecule has 23 heavy (non-hydrogen) atoms. The monoisotopic (exact) mass is 312 g/mol. The predicted octanol–water partition coefficient (Wildman–Crippen LogP) is 3.51. The second-order valence-electron chi connectivity index (χ2n) is 5.88. The van der Waals surface area contributed by atoms with Crippen molar-refractivity contribution < 1.29 is 9.53 Å². The fourth-order valence-corrected chi connectivity index (χ4v) is 2.01. The van der Waals surface area contributed by atoms with Gasteiger partial charge in [0.05, 0.1) is 0 Å². The van der Waals surface area contributed by atoms with Crippen molar-refractivity contribution in [1.29, 1.82) is 0 Å². The van der Waals surface area contributed by atoms with Gasteiger partial charge in [0, 0.05) is 18.3 Å². The summed E-state index contributed by atoms with van der Waals surface area (Å²) in [5.41, 5.74) is 3.13. The van der Waals surface area contributed by atoms with Crippen LogP contribution in [0.1, 0.15) is 25.0 Å². The highest BCUT2D eigenvalue weighted by Gasteiger charge is 2.04. The van der Waals surface area contributed by atoms with Crippen molar-refractivity contribution in [3.05, 3.63) is 59.7 Å². The van der Waals surface area contributed by atoms with Crippen molar-refractivity contribution in [2.45, 2.75) is 33.4 Å². The second kappa shape index (κ2) is 8.34. The van der Waals surface area contributed by atoms with Gasteiger partial charge in [0.25, 0.3) is 5.91 Å². The van der Waals surface area contributed by atoms with Crippen molar-refractivity contribution in [3.8, 4) is 5.75 Å². The summed E-state index contributed by atoms with van der Waals surface area (Å²) in [6.45, 7) is 7.06. The van der Waals surface area contributed by atoms with Gasteiger partial charge < -0.3 is 15.4 Å². The molecule has 0 aromatic heterocycles. The first-order valence-electron chi connectivity index (χ1n) is 7.84. The van der Waals surface area contributed by atoms with Crippen LogP contribution in [-0.2, 0) is 11.3 Å². The smallest absolute Gasteiger partial charge is 0.262 e. The maximum Gasteiger partial charge on any atom is 0.262 e. The molecule has 0 saturated carbocycles. The largest absolute Gasteiger partial charge is 0.484 e. The molecule has 2 aromatic carbocycles. The summed E-state index contributed by atoms with van der Waals surface area (Å²) in [5.74, 6) is 0.525. The van der Waals surface area contributed by atoms with Crippen molar-refractivity contribution >= 4 is 11.6 Å². The van der Waals surface area contributed by atoms with E-state index in [-0.39, 0.29) is 12.5 Å². The molecular weight excluding hydrogens is 288 g/mol. The molecule has 0 heterocycles. The molecule has 0 saturated heterocycles. The van der Waals surface area contributed by atoms with Crippen LogP contribution in [0.5, 0.6) is 5.75 Å². The fourth-order valence-electron chi connectivity index (χ4n) is 2.01. The van der Waals surface area contributed by atoms with E-state index in [0.717, 1.165) is 17.8 Å².